The van der Waals surface area contributed by atoms with Crippen molar-refractivity contribution in [3.8, 4) is 0 Å². The van der Waals surface area contributed by atoms with Crippen molar-refractivity contribution in [2.75, 3.05) is 20.7 Å². The van der Waals surface area contributed by atoms with E-state index in [0.717, 1.165) is 6.42 Å². The highest BCUT2D eigenvalue weighted by Gasteiger charge is 2.34. The van der Waals surface area contributed by atoms with E-state index in [1.807, 2.05) is 39.8 Å². The van der Waals surface area contributed by atoms with Crippen molar-refractivity contribution in [2.45, 2.75) is 65.8 Å². The van der Waals surface area contributed by atoms with Crippen LogP contribution in [0, 0.1) is 0 Å². The van der Waals surface area contributed by atoms with Crippen molar-refractivity contribution in [1.82, 2.24) is 4.90 Å². The average Bonchev–Trinajstić information content (AvgIpc) is 2.29. The quantitative estimate of drug-likeness (QED) is 0.671. The number of ether oxygens (including phenoxy) is 1. The minimum Gasteiger partial charge on any atom is -0.465 e. The summed E-state index contributed by atoms with van der Waals surface area (Å²) < 4.78 is 4.98. The van der Waals surface area contributed by atoms with E-state index in [1.54, 1.807) is 0 Å². The van der Waals surface area contributed by atoms with Crippen molar-refractivity contribution in [3.05, 3.63) is 0 Å². The van der Waals surface area contributed by atoms with Crippen LogP contribution in [0.5, 0.6) is 0 Å². The Hall–Kier alpha value is -0.570. The molecule has 0 radical (unpaired) electrons. The number of hydrogen-bond donors (Lipinski definition) is 0. The van der Waals surface area contributed by atoms with Gasteiger partial charge >= 0.3 is 5.97 Å². The molecule has 0 aliphatic rings. The smallest absolute Gasteiger partial charge is 0.326 e. The minimum absolute atomic E-state index is 0.141. The normalized spacial score (nSPS) is 13.6. The van der Waals surface area contributed by atoms with Gasteiger partial charge in [-0.15, -0.1) is 0 Å². The van der Waals surface area contributed by atoms with Crippen LogP contribution in [0.4, 0.5) is 0 Å². The van der Waals surface area contributed by atoms with Gasteiger partial charge in [0.15, 0.2) is 0 Å². The highest BCUT2D eigenvalue weighted by molar-refractivity contribution is 5.80. The molecule has 0 aromatic rings. The van der Waals surface area contributed by atoms with E-state index < -0.39 is 5.54 Å². The average molecular weight is 245 g/mol. The van der Waals surface area contributed by atoms with Crippen molar-refractivity contribution in [1.29, 1.82) is 0 Å². The predicted octanol–water partition coefficient (Wildman–Crippen LogP) is 3.48. The first-order valence-corrected chi connectivity index (χ1v) is 6.75. The highest BCUT2D eigenvalue weighted by atomic mass is 16.5. The maximum Gasteiger partial charge on any atom is 0.326 e. The lowest BCUT2D eigenvalue weighted by atomic mass is 9.98. The third-order valence-corrected chi connectivity index (χ3v) is 3.10. The summed E-state index contributed by atoms with van der Waals surface area (Å²) in [6, 6.07) is 0. The van der Waals surface area contributed by atoms with Crippen LogP contribution in [0.25, 0.3) is 0 Å². The summed E-state index contributed by atoms with van der Waals surface area (Å²) in [5.74, 6) is -0.141. The molecule has 0 spiro atoms. The van der Waals surface area contributed by atoms with Gasteiger partial charge in [0.05, 0.1) is 6.61 Å². The lowest BCUT2D eigenvalue weighted by Gasteiger charge is -2.32. The molecule has 1 atom stereocenters. The van der Waals surface area contributed by atoms with Crippen molar-refractivity contribution >= 4 is 5.97 Å². The topological polar surface area (TPSA) is 29.5 Å². The van der Waals surface area contributed by atoms with Crippen LogP contribution in [0.3, 0.4) is 0 Å². The molecule has 0 saturated carbocycles. The van der Waals surface area contributed by atoms with E-state index in [4.69, 9.17) is 4.74 Å². The first-order valence-electron chi connectivity index (χ1n) is 6.75. The molecule has 3 heteroatoms. The maximum absolute atomic E-state index is 11.5. The molecular formula is C14H31NO2. The third-order valence-electron chi connectivity index (χ3n) is 3.10. The molecule has 0 N–H and O–H groups in total. The second-order valence-corrected chi connectivity index (χ2v) is 4.60. The third kappa shape index (κ3) is 7.37. The van der Waals surface area contributed by atoms with Gasteiger partial charge in [-0.3, -0.25) is 9.69 Å². The molecule has 0 aromatic carbocycles. The van der Waals surface area contributed by atoms with E-state index in [2.05, 4.69) is 13.8 Å². The molecule has 0 heterocycles. The summed E-state index contributed by atoms with van der Waals surface area (Å²) in [5.41, 5.74) is -0.476. The number of carbonyl (C=O) groups is 1. The molecular weight excluding hydrogens is 214 g/mol. The van der Waals surface area contributed by atoms with Gasteiger partial charge in [-0.05, 0) is 34.4 Å². The molecule has 0 aliphatic carbocycles. The lowest BCUT2D eigenvalue weighted by molar-refractivity contribution is -0.155. The molecule has 0 fully saturated rings. The predicted molar refractivity (Wildman–Crippen MR) is 74.2 cm³/mol. The zero-order chi connectivity index (χ0) is 13.9. The van der Waals surface area contributed by atoms with Crippen molar-refractivity contribution < 1.29 is 9.53 Å². The molecule has 0 saturated heterocycles. The molecule has 104 valence electrons. The Morgan fingerprint density at radius 3 is 1.76 bits per heavy atom. The van der Waals surface area contributed by atoms with Crippen molar-refractivity contribution in [2.24, 2.45) is 0 Å². The van der Waals surface area contributed by atoms with Gasteiger partial charge in [-0.2, -0.15) is 0 Å². The van der Waals surface area contributed by atoms with Gasteiger partial charge in [0.25, 0.3) is 0 Å². The van der Waals surface area contributed by atoms with Crippen LogP contribution in [0.2, 0.25) is 0 Å². The first-order chi connectivity index (χ1) is 7.90. The van der Waals surface area contributed by atoms with Gasteiger partial charge in [0.1, 0.15) is 5.54 Å². The van der Waals surface area contributed by atoms with Gasteiger partial charge < -0.3 is 4.74 Å². The number of rotatable bonds is 6. The molecule has 3 nitrogen and oxygen atoms in total. The first kappa shape index (κ1) is 18.8. The number of likely N-dealkylation sites (N-methyl/N-ethyl adjacent to an activating group) is 1. The molecule has 0 rings (SSSR count). The summed E-state index contributed by atoms with van der Waals surface area (Å²) in [6.45, 7) is 10.6. The van der Waals surface area contributed by atoms with E-state index in [-0.39, 0.29) is 5.97 Å². The van der Waals surface area contributed by atoms with Gasteiger partial charge in [-0.1, -0.05) is 40.0 Å². The summed E-state index contributed by atoms with van der Waals surface area (Å²) >= 11 is 0. The van der Waals surface area contributed by atoms with Gasteiger partial charge in [-0.25, -0.2) is 0 Å². The Kier molecular flexibility index (Phi) is 11.7. The van der Waals surface area contributed by atoms with Gasteiger partial charge in [0, 0.05) is 0 Å². The number of hydrogen-bond acceptors (Lipinski definition) is 3. The van der Waals surface area contributed by atoms with E-state index in [0.29, 0.717) is 6.61 Å². The molecule has 0 amide bonds. The minimum atomic E-state index is -0.476. The summed E-state index contributed by atoms with van der Waals surface area (Å²) in [7, 11) is 3.78. The molecule has 1 unspecified atom stereocenters. The summed E-state index contributed by atoms with van der Waals surface area (Å²) in [4.78, 5) is 13.4. The molecule has 0 aromatic heterocycles. The van der Waals surface area contributed by atoms with Crippen molar-refractivity contribution in [3.63, 3.8) is 0 Å². The Morgan fingerprint density at radius 2 is 1.59 bits per heavy atom. The van der Waals surface area contributed by atoms with Crippen LogP contribution in [0.1, 0.15) is 60.3 Å². The monoisotopic (exact) mass is 245 g/mol. The van der Waals surface area contributed by atoms with Crippen LogP contribution < -0.4 is 0 Å². The van der Waals surface area contributed by atoms with Crippen LogP contribution in [0.15, 0.2) is 0 Å². The SMILES string of the molecule is CCCCC.CCOC(=O)C(C)(CC)N(C)C. The summed E-state index contributed by atoms with van der Waals surface area (Å²) in [5, 5.41) is 0. The van der Waals surface area contributed by atoms with E-state index in [1.165, 1.54) is 19.3 Å². The molecule has 0 bridgehead atoms. The number of esters is 1. The van der Waals surface area contributed by atoms with Crippen LogP contribution in [-0.4, -0.2) is 37.1 Å². The second-order valence-electron chi connectivity index (χ2n) is 4.60. The zero-order valence-electron chi connectivity index (χ0n) is 12.8. The molecule has 0 aliphatic heterocycles. The fourth-order valence-corrected chi connectivity index (χ4v) is 1.28. The maximum atomic E-state index is 11.5. The number of unbranched alkanes of at least 4 members (excludes halogenated alkanes) is 2. The Bertz CT molecular complexity index is 191. The Morgan fingerprint density at radius 1 is 1.12 bits per heavy atom. The fourth-order valence-electron chi connectivity index (χ4n) is 1.28. The standard InChI is InChI=1S/C9H19NO2.C5H12/c1-6-9(3,10(4)5)8(11)12-7-2;1-3-5-4-2/h6-7H2,1-5H3;3-5H2,1-2H3. The lowest BCUT2D eigenvalue weighted by Crippen LogP contribution is -2.49. The zero-order valence-corrected chi connectivity index (χ0v) is 12.8. The fraction of sp³-hybridized carbons (Fsp3) is 0.929. The van der Waals surface area contributed by atoms with E-state index in [9.17, 15) is 4.79 Å². The Labute approximate surface area is 108 Å². The van der Waals surface area contributed by atoms with Crippen LogP contribution in [-0.2, 0) is 9.53 Å². The summed E-state index contributed by atoms with van der Waals surface area (Å²) in [6.07, 6.45) is 4.84. The number of carbonyl (C=O) groups excluding carboxylic acids is 1. The number of nitrogens with zero attached hydrogens (tertiary/aromatic N) is 1. The largest absolute Gasteiger partial charge is 0.465 e. The Balaban J connectivity index is 0. The second kappa shape index (κ2) is 10.6. The van der Waals surface area contributed by atoms with Gasteiger partial charge in [0.2, 0.25) is 0 Å². The highest BCUT2D eigenvalue weighted by Crippen LogP contribution is 2.17. The van der Waals surface area contributed by atoms with Crippen LogP contribution >= 0.6 is 0 Å². The molecule has 17 heavy (non-hydrogen) atoms. The van der Waals surface area contributed by atoms with E-state index >= 15 is 0 Å².